The molecular formula is C18H18N4O2S. The Morgan fingerprint density at radius 1 is 1.12 bits per heavy atom. The summed E-state index contributed by atoms with van der Waals surface area (Å²) in [4.78, 5) is 0. The van der Waals surface area contributed by atoms with Crippen LogP contribution in [0.25, 0.3) is 11.4 Å². The molecule has 1 heterocycles. The topological polar surface area (TPSA) is 64.4 Å². The van der Waals surface area contributed by atoms with Gasteiger partial charge in [0.2, 0.25) is 4.77 Å². The number of benzene rings is 2. The van der Waals surface area contributed by atoms with Crippen molar-refractivity contribution >= 4 is 18.4 Å². The fourth-order valence-corrected chi connectivity index (χ4v) is 2.60. The van der Waals surface area contributed by atoms with Crippen LogP contribution in [0, 0.1) is 11.7 Å². The fraction of sp³-hybridized carbons (Fsp3) is 0.167. The van der Waals surface area contributed by atoms with Crippen molar-refractivity contribution in [3.8, 4) is 22.9 Å². The predicted octanol–water partition coefficient (Wildman–Crippen LogP) is 3.82. The highest BCUT2D eigenvalue weighted by molar-refractivity contribution is 7.71. The summed E-state index contributed by atoms with van der Waals surface area (Å²) in [6.07, 6.45) is 1.69. The lowest BCUT2D eigenvalue weighted by atomic mass is 10.1. The Labute approximate surface area is 150 Å². The molecule has 1 aromatic heterocycles. The quantitative estimate of drug-likeness (QED) is 0.559. The molecule has 25 heavy (non-hydrogen) atoms. The predicted molar refractivity (Wildman–Crippen MR) is 100 cm³/mol. The van der Waals surface area contributed by atoms with Crippen LogP contribution in [0.1, 0.15) is 11.1 Å². The lowest BCUT2D eigenvalue weighted by Gasteiger charge is -2.06. The van der Waals surface area contributed by atoms with E-state index in [2.05, 4.69) is 15.3 Å². The van der Waals surface area contributed by atoms with Gasteiger partial charge in [-0.1, -0.05) is 24.3 Å². The first-order chi connectivity index (χ1) is 12.1. The number of hydrogen-bond acceptors (Lipinski definition) is 5. The van der Waals surface area contributed by atoms with Gasteiger partial charge in [0, 0.05) is 17.2 Å². The molecule has 0 radical (unpaired) electrons. The van der Waals surface area contributed by atoms with Crippen LogP contribution in [0.15, 0.2) is 47.6 Å². The third-order valence-corrected chi connectivity index (χ3v) is 4.00. The van der Waals surface area contributed by atoms with Crippen molar-refractivity contribution in [2.24, 2.45) is 5.10 Å². The first kappa shape index (κ1) is 16.9. The van der Waals surface area contributed by atoms with E-state index in [1.54, 1.807) is 31.2 Å². The van der Waals surface area contributed by atoms with Crippen molar-refractivity contribution in [1.29, 1.82) is 0 Å². The Bertz CT molecular complexity index is 953. The zero-order valence-electron chi connectivity index (χ0n) is 14.2. The highest BCUT2D eigenvalue weighted by atomic mass is 32.1. The van der Waals surface area contributed by atoms with Gasteiger partial charge in [0.05, 0.1) is 20.4 Å². The highest BCUT2D eigenvalue weighted by Gasteiger charge is 2.10. The molecule has 0 unspecified atom stereocenters. The molecule has 0 saturated heterocycles. The number of aromatic amines is 1. The van der Waals surface area contributed by atoms with Crippen LogP contribution in [0.4, 0.5) is 0 Å². The number of aromatic nitrogens is 3. The second-order valence-corrected chi connectivity index (χ2v) is 5.76. The summed E-state index contributed by atoms with van der Waals surface area (Å²) in [7, 11) is 3.22. The summed E-state index contributed by atoms with van der Waals surface area (Å²) in [5.74, 6) is 2.04. The molecule has 0 spiro atoms. The standard InChI is InChI=1S/C18H18N4O2S/c1-12-6-4-5-7-16(12)17-20-21-18(25)22(17)19-11-13-8-14(23-2)10-15(9-13)24-3/h4-11H,1-3H3,(H,21,25)/b19-11+. The Hall–Kier alpha value is -2.93. The Morgan fingerprint density at radius 3 is 2.44 bits per heavy atom. The molecule has 7 heteroatoms. The van der Waals surface area contributed by atoms with Crippen molar-refractivity contribution in [2.45, 2.75) is 6.92 Å². The summed E-state index contributed by atoms with van der Waals surface area (Å²) in [5, 5.41) is 11.6. The minimum atomic E-state index is 0.421. The maximum Gasteiger partial charge on any atom is 0.216 e. The second kappa shape index (κ2) is 7.31. The van der Waals surface area contributed by atoms with Gasteiger partial charge in [0.25, 0.3) is 0 Å². The summed E-state index contributed by atoms with van der Waals surface area (Å²) >= 11 is 5.31. The normalized spacial score (nSPS) is 11.0. The number of rotatable bonds is 5. The van der Waals surface area contributed by atoms with Crippen molar-refractivity contribution < 1.29 is 9.47 Å². The summed E-state index contributed by atoms with van der Waals surface area (Å²) in [5.41, 5.74) is 2.89. The van der Waals surface area contributed by atoms with E-state index >= 15 is 0 Å². The van der Waals surface area contributed by atoms with Gasteiger partial charge in [-0.25, -0.2) is 5.10 Å². The average Bonchev–Trinajstić information content (AvgIpc) is 3.00. The maximum atomic E-state index is 5.31. The number of aryl methyl sites for hydroxylation is 1. The van der Waals surface area contributed by atoms with Crippen LogP contribution in [0.2, 0.25) is 0 Å². The van der Waals surface area contributed by atoms with Gasteiger partial charge in [-0.2, -0.15) is 14.9 Å². The molecule has 3 rings (SSSR count). The minimum absolute atomic E-state index is 0.421. The van der Waals surface area contributed by atoms with E-state index in [9.17, 15) is 0 Å². The molecule has 0 saturated carbocycles. The molecule has 128 valence electrons. The SMILES string of the molecule is COc1cc(/C=N/n2c(-c3ccccc3C)n[nH]c2=S)cc(OC)c1. The zero-order chi connectivity index (χ0) is 17.8. The van der Waals surface area contributed by atoms with E-state index < -0.39 is 0 Å². The number of hydrogen-bond donors (Lipinski definition) is 1. The lowest BCUT2D eigenvalue weighted by Crippen LogP contribution is -1.97. The van der Waals surface area contributed by atoms with Crippen LogP contribution in [0.5, 0.6) is 11.5 Å². The largest absolute Gasteiger partial charge is 0.497 e. The molecule has 0 amide bonds. The molecule has 0 atom stereocenters. The van der Waals surface area contributed by atoms with Gasteiger partial charge < -0.3 is 9.47 Å². The van der Waals surface area contributed by atoms with E-state index in [-0.39, 0.29) is 0 Å². The molecular weight excluding hydrogens is 336 g/mol. The van der Waals surface area contributed by atoms with E-state index in [1.165, 1.54) is 0 Å². The lowest BCUT2D eigenvalue weighted by molar-refractivity contribution is 0.394. The second-order valence-electron chi connectivity index (χ2n) is 5.37. The minimum Gasteiger partial charge on any atom is -0.497 e. The van der Waals surface area contributed by atoms with E-state index in [4.69, 9.17) is 21.7 Å². The average molecular weight is 354 g/mol. The van der Waals surface area contributed by atoms with Gasteiger partial charge in [-0.05, 0) is 36.8 Å². The Balaban J connectivity index is 2.02. The van der Waals surface area contributed by atoms with Crippen molar-refractivity contribution in [2.75, 3.05) is 14.2 Å². The first-order valence-electron chi connectivity index (χ1n) is 7.63. The molecule has 0 bridgehead atoms. The monoisotopic (exact) mass is 354 g/mol. The maximum absolute atomic E-state index is 5.31. The molecule has 0 aliphatic rings. The highest BCUT2D eigenvalue weighted by Crippen LogP contribution is 2.23. The Morgan fingerprint density at radius 2 is 1.80 bits per heavy atom. The molecule has 2 aromatic carbocycles. The van der Waals surface area contributed by atoms with Gasteiger partial charge in [-0.3, -0.25) is 0 Å². The zero-order valence-corrected chi connectivity index (χ0v) is 15.0. The molecule has 1 N–H and O–H groups in total. The first-order valence-corrected chi connectivity index (χ1v) is 8.04. The summed E-state index contributed by atoms with van der Waals surface area (Å²) in [6, 6.07) is 13.5. The molecule has 6 nitrogen and oxygen atoms in total. The molecule has 3 aromatic rings. The third-order valence-electron chi connectivity index (χ3n) is 3.73. The molecule has 0 aliphatic carbocycles. The van der Waals surface area contributed by atoms with Crippen LogP contribution >= 0.6 is 12.2 Å². The number of nitrogens with one attached hydrogen (secondary N) is 1. The van der Waals surface area contributed by atoms with Crippen LogP contribution in [0.3, 0.4) is 0 Å². The number of nitrogens with zero attached hydrogens (tertiary/aromatic N) is 3. The van der Waals surface area contributed by atoms with Gasteiger partial charge in [-0.15, -0.1) is 0 Å². The molecule has 0 aliphatic heterocycles. The number of methoxy groups -OCH3 is 2. The third kappa shape index (κ3) is 3.61. The van der Waals surface area contributed by atoms with Crippen LogP contribution in [-0.2, 0) is 0 Å². The van der Waals surface area contributed by atoms with E-state index in [1.807, 2.05) is 43.3 Å². The fourth-order valence-electron chi connectivity index (χ4n) is 2.43. The van der Waals surface area contributed by atoms with Crippen molar-refractivity contribution in [3.63, 3.8) is 0 Å². The van der Waals surface area contributed by atoms with E-state index in [0.717, 1.165) is 16.7 Å². The van der Waals surface area contributed by atoms with Gasteiger partial charge in [0.1, 0.15) is 11.5 Å². The Kier molecular flexibility index (Phi) is 4.95. The van der Waals surface area contributed by atoms with Gasteiger partial charge >= 0.3 is 0 Å². The van der Waals surface area contributed by atoms with Crippen molar-refractivity contribution in [1.82, 2.24) is 14.9 Å². The summed E-state index contributed by atoms with van der Waals surface area (Å²) in [6.45, 7) is 2.02. The number of ether oxygens (including phenoxy) is 2. The van der Waals surface area contributed by atoms with Crippen LogP contribution in [-0.4, -0.2) is 35.3 Å². The molecule has 0 fully saturated rings. The van der Waals surface area contributed by atoms with Gasteiger partial charge in [0.15, 0.2) is 5.82 Å². The van der Waals surface area contributed by atoms with Crippen molar-refractivity contribution in [3.05, 3.63) is 58.4 Å². The van der Waals surface area contributed by atoms with E-state index in [0.29, 0.717) is 22.1 Å². The number of H-pyrrole nitrogens is 1. The summed E-state index contributed by atoms with van der Waals surface area (Å²) < 4.78 is 12.6. The van der Waals surface area contributed by atoms with Crippen LogP contribution < -0.4 is 9.47 Å². The smallest absolute Gasteiger partial charge is 0.216 e.